The van der Waals surface area contributed by atoms with Gasteiger partial charge < -0.3 is 19.5 Å². The Morgan fingerprint density at radius 1 is 1.04 bits per heavy atom. The van der Waals surface area contributed by atoms with Gasteiger partial charge in [-0.1, -0.05) is 29.3 Å². The highest BCUT2D eigenvalue weighted by molar-refractivity contribution is 6.31. The number of anilines is 1. The number of benzene rings is 2. The molecule has 5 nitrogen and oxygen atoms in total. The Morgan fingerprint density at radius 2 is 1.81 bits per heavy atom. The van der Waals surface area contributed by atoms with Gasteiger partial charge in [0.1, 0.15) is 6.54 Å². The average molecular weight is 406 g/mol. The van der Waals surface area contributed by atoms with Crippen molar-refractivity contribution in [3.8, 4) is 0 Å². The van der Waals surface area contributed by atoms with Gasteiger partial charge in [0.05, 0.1) is 43.8 Å². The van der Waals surface area contributed by atoms with Crippen LogP contribution in [0.5, 0.6) is 0 Å². The molecule has 0 bridgehead atoms. The highest BCUT2D eigenvalue weighted by Gasteiger charge is 2.23. The number of aliphatic hydroxyl groups excluding tert-OH is 1. The van der Waals surface area contributed by atoms with Gasteiger partial charge in [0.25, 0.3) is 0 Å². The molecule has 0 aliphatic carbocycles. The molecule has 0 unspecified atom stereocenters. The SMILES string of the molecule is OCCn1c(C[NH+]2CCN(c3cccc(Cl)c3)CC2)nc2ccc(Cl)cc21. The van der Waals surface area contributed by atoms with Gasteiger partial charge in [-0.2, -0.15) is 0 Å². The second kappa shape index (κ2) is 8.07. The molecule has 142 valence electrons. The lowest BCUT2D eigenvalue weighted by Gasteiger charge is -2.33. The number of nitrogens with zero attached hydrogens (tertiary/aromatic N) is 3. The van der Waals surface area contributed by atoms with E-state index < -0.39 is 0 Å². The van der Waals surface area contributed by atoms with Crippen molar-refractivity contribution >= 4 is 39.9 Å². The van der Waals surface area contributed by atoms with Crippen molar-refractivity contribution in [3.05, 3.63) is 58.3 Å². The van der Waals surface area contributed by atoms with Crippen molar-refractivity contribution in [2.75, 3.05) is 37.7 Å². The van der Waals surface area contributed by atoms with Crippen LogP contribution in [0.4, 0.5) is 5.69 Å². The molecule has 0 amide bonds. The Labute approximate surface area is 168 Å². The minimum absolute atomic E-state index is 0.0862. The van der Waals surface area contributed by atoms with E-state index in [1.54, 1.807) is 0 Å². The molecule has 2 heterocycles. The number of halogens is 2. The molecule has 2 N–H and O–H groups in total. The predicted octanol–water partition coefficient (Wildman–Crippen LogP) is 2.24. The van der Waals surface area contributed by atoms with E-state index in [0.29, 0.717) is 11.6 Å². The minimum Gasteiger partial charge on any atom is -0.395 e. The van der Waals surface area contributed by atoms with E-state index in [1.807, 2.05) is 36.4 Å². The van der Waals surface area contributed by atoms with E-state index in [2.05, 4.69) is 15.5 Å². The van der Waals surface area contributed by atoms with Gasteiger partial charge >= 0.3 is 0 Å². The third-order valence-electron chi connectivity index (χ3n) is 5.16. The number of piperazine rings is 1. The van der Waals surface area contributed by atoms with E-state index in [4.69, 9.17) is 28.2 Å². The van der Waals surface area contributed by atoms with Gasteiger partial charge in [-0.25, -0.2) is 4.98 Å². The number of rotatable bonds is 5. The smallest absolute Gasteiger partial charge is 0.165 e. The average Bonchev–Trinajstić information content (AvgIpc) is 2.99. The number of fused-ring (bicyclic) bond motifs is 1. The number of imidazole rings is 1. The lowest BCUT2D eigenvalue weighted by molar-refractivity contribution is -0.915. The second-order valence-electron chi connectivity index (χ2n) is 6.93. The molecule has 1 aromatic heterocycles. The van der Waals surface area contributed by atoms with Crippen LogP contribution in [-0.2, 0) is 13.1 Å². The molecule has 0 radical (unpaired) electrons. The van der Waals surface area contributed by atoms with Crippen molar-refractivity contribution in [1.82, 2.24) is 9.55 Å². The summed E-state index contributed by atoms with van der Waals surface area (Å²) in [6, 6.07) is 13.8. The number of aliphatic hydroxyl groups is 1. The number of hydrogen-bond acceptors (Lipinski definition) is 3. The maximum atomic E-state index is 9.47. The summed E-state index contributed by atoms with van der Waals surface area (Å²) in [5.74, 6) is 1.01. The Morgan fingerprint density at radius 3 is 2.56 bits per heavy atom. The molecular formula is C20H23Cl2N4O+. The zero-order chi connectivity index (χ0) is 18.8. The van der Waals surface area contributed by atoms with Gasteiger partial charge in [0.2, 0.25) is 0 Å². The predicted molar refractivity (Wildman–Crippen MR) is 110 cm³/mol. The highest BCUT2D eigenvalue weighted by Crippen LogP contribution is 2.21. The van der Waals surface area contributed by atoms with Crippen LogP contribution in [0.15, 0.2) is 42.5 Å². The van der Waals surface area contributed by atoms with Crippen LogP contribution in [0.1, 0.15) is 5.82 Å². The van der Waals surface area contributed by atoms with Crippen LogP contribution >= 0.6 is 23.2 Å². The molecular weight excluding hydrogens is 383 g/mol. The fourth-order valence-corrected chi connectivity index (χ4v) is 4.14. The van der Waals surface area contributed by atoms with Crippen molar-refractivity contribution < 1.29 is 10.0 Å². The molecule has 1 aliphatic rings. The summed E-state index contributed by atoms with van der Waals surface area (Å²) >= 11 is 12.3. The Bertz CT molecular complexity index is 935. The molecule has 3 aromatic rings. The van der Waals surface area contributed by atoms with Crippen molar-refractivity contribution in [3.63, 3.8) is 0 Å². The molecule has 0 saturated carbocycles. The first kappa shape index (κ1) is 18.6. The van der Waals surface area contributed by atoms with Crippen LogP contribution in [-0.4, -0.2) is 47.4 Å². The fourth-order valence-electron chi connectivity index (χ4n) is 3.78. The maximum Gasteiger partial charge on any atom is 0.165 e. The summed E-state index contributed by atoms with van der Waals surface area (Å²) < 4.78 is 2.09. The van der Waals surface area contributed by atoms with E-state index in [9.17, 15) is 5.11 Å². The number of quaternary nitrogens is 1. The highest BCUT2D eigenvalue weighted by atomic mass is 35.5. The third kappa shape index (κ3) is 4.06. The largest absolute Gasteiger partial charge is 0.395 e. The van der Waals surface area contributed by atoms with Gasteiger partial charge in [0.15, 0.2) is 5.82 Å². The van der Waals surface area contributed by atoms with Gasteiger partial charge in [0, 0.05) is 22.3 Å². The number of hydrogen-bond donors (Lipinski definition) is 2. The summed E-state index contributed by atoms with van der Waals surface area (Å²) in [4.78, 5) is 8.67. The first-order valence-corrected chi connectivity index (χ1v) is 9.99. The summed E-state index contributed by atoms with van der Waals surface area (Å²) in [6.45, 7) is 5.52. The molecule has 0 spiro atoms. The zero-order valence-electron chi connectivity index (χ0n) is 15.0. The van der Waals surface area contributed by atoms with Crippen LogP contribution in [0.2, 0.25) is 10.0 Å². The van der Waals surface area contributed by atoms with Crippen LogP contribution in [0.3, 0.4) is 0 Å². The van der Waals surface area contributed by atoms with E-state index in [-0.39, 0.29) is 6.61 Å². The third-order valence-corrected chi connectivity index (χ3v) is 5.64. The number of nitrogens with one attached hydrogen (secondary N) is 1. The van der Waals surface area contributed by atoms with E-state index in [1.165, 1.54) is 10.6 Å². The molecule has 0 atom stereocenters. The van der Waals surface area contributed by atoms with Crippen LogP contribution < -0.4 is 9.80 Å². The van der Waals surface area contributed by atoms with Gasteiger partial charge in [-0.15, -0.1) is 0 Å². The summed E-state index contributed by atoms with van der Waals surface area (Å²) in [5.41, 5.74) is 3.10. The first-order chi connectivity index (χ1) is 13.1. The second-order valence-corrected chi connectivity index (χ2v) is 7.80. The lowest BCUT2D eigenvalue weighted by Crippen LogP contribution is -3.13. The maximum absolute atomic E-state index is 9.47. The molecule has 1 fully saturated rings. The molecule has 27 heavy (non-hydrogen) atoms. The van der Waals surface area contributed by atoms with E-state index in [0.717, 1.165) is 54.6 Å². The van der Waals surface area contributed by atoms with E-state index >= 15 is 0 Å². The minimum atomic E-state index is 0.0862. The zero-order valence-corrected chi connectivity index (χ0v) is 16.5. The monoisotopic (exact) mass is 405 g/mol. The Kier molecular flexibility index (Phi) is 5.55. The summed E-state index contributed by atoms with van der Waals surface area (Å²) in [7, 11) is 0. The first-order valence-electron chi connectivity index (χ1n) is 9.23. The fraction of sp³-hybridized carbons (Fsp3) is 0.350. The molecule has 2 aromatic carbocycles. The van der Waals surface area contributed by atoms with Crippen molar-refractivity contribution in [2.45, 2.75) is 13.1 Å². The Hall–Kier alpha value is -1.79. The Balaban J connectivity index is 1.48. The van der Waals surface area contributed by atoms with Crippen molar-refractivity contribution in [1.29, 1.82) is 0 Å². The molecule has 7 heteroatoms. The topological polar surface area (TPSA) is 45.7 Å². The van der Waals surface area contributed by atoms with Crippen molar-refractivity contribution in [2.24, 2.45) is 0 Å². The summed E-state index contributed by atoms with van der Waals surface area (Å²) in [6.07, 6.45) is 0. The summed E-state index contributed by atoms with van der Waals surface area (Å²) in [5, 5.41) is 10.9. The molecule has 1 saturated heterocycles. The lowest BCUT2D eigenvalue weighted by atomic mass is 10.2. The molecule has 1 aliphatic heterocycles. The molecule has 4 rings (SSSR count). The standard InChI is InChI=1S/C20H22Cl2N4O/c21-15-2-1-3-17(12-15)25-8-6-24(7-9-25)14-20-23-18-5-4-16(22)13-19(18)26(20)10-11-27/h1-5,12-13,27H,6-11,14H2/p+1. The van der Waals surface area contributed by atoms with Gasteiger partial charge in [-0.05, 0) is 36.4 Å². The van der Waals surface area contributed by atoms with Gasteiger partial charge in [-0.3, -0.25) is 0 Å². The number of aromatic nitrogens is 2. The van der Waals surface area contributed by atoms with Crippen LogP contribution in [0, 0.1) is 0 Å². The normalized spacial score (nSPS) is 15.6. The quantitative estimate of drug-likeness (QED) is 0.683. The van der Waals surface area contributed by atoms with Crippen LogP contribution in [0.25, 0.3) is 11.0 Å².